The molecule has 0 aromatic heterocycles. The number of hydrogen-bond acceptors (Lipinski definition) is 3. The van der Waals surface area contributed by atoms with Gasteiger partial charge in [-0.2, -0.15) is 4.89 Å². The summed E-state index contributed by atoms with van der Waals surface area (Å²) in [5.41, 5.74) is 0.566. The topological polar surface area (TPSA) is 35.5 Å². The molecule has 2 aromatic carbocycles. The molecule has 0 fully saturated rings. The van der Waals surface area contributed by atoms with Crippen LogP contribution in [-0.2, 0) is 14.6 Å². The molecule has 0 heterocycles. The molecule has 0 radical (unpaired) electrons. The molecule has 0 bridgehead atoms. The Bertz CT molecular complexity index is 651. The van der Waals surface area contributed by atoms with Gasteiger partial charge in [-0.15, -0.1) is 0 Å². The van der Waals surface area contributed by atoms with Crippen LogP contribution >= 0.6 is 0 Å². The fourth-order valence-corrected chi connectivity index (χ4v) is 1.81. The van der Waals surface area contributed by atoms with Crippen LogP contribution in [0, 0.1) is 0 Å². The molecule has 110 valence electrons. The second-order valence-electron chi connectivity index (χ2n) is 5.86. The Morgan fingerprint density at radius 3 is 2.52 bits per heavy atom. The molecule has 0 atom stereocenters. The Morgan fingerprint density at radius 1 is 1.10 bits per heavy atom. The summed E-state index contributed by atoms with van der Waals surface area (Å²) < 4.78 is 0. The van der Waals surface area contributed by atoms with E-state index in [1.165, 1.54) is 10.8 Å². The maximum Gasteiger partial charge on any atom is 0.346 e. The molecule has 0 saturated carbocycles. The van der Waals surface area contributed by atoms with E-state index in [0.29, 0.717) is 0 Å². The normalized spacial score (nSPS) is 12.0. The Hall–Kier alpha value is -2.13. The van der Waals surface area contributed by atoms with Gasteiger partial charge >= 0.3 is 5.97 Å². The van der Waals surface area contributed by atoms with Gasteiger partial charge in [-0.1, -0.05) is 48.6 Å². The van der Waals surface area contributed by atoms with Gasteiger partial charge in [0.25, 0.3) is 0 Å². The van der Waals surface area contributed by atoms with Crippen LogP contribution in [0.15, 0.2) is 48.5 Å². The second kappa shape index (κ2) is 6.55. The Morgan fingerprint density at radius 2 is 1.81 bits per heavy atom. The Labute approximate surface area is 125 Å². The van der Waals surface area contributed by atoms with Crippen LogP contribution in [0.2, 0.25) is 0 Å². The third kappa shape index (κ3) is 5.04. The third-order valence-corrected chi connectivity index (χ3v) is 2.75. The summed E-state index contributed by atoms with van der Waals surface area (Å²) >= 11 is 0. The van der Waals surface area contributed by atoms with Gasteiger partial charge in [0.1, 0.15) is 5.60 Å². The standard InChI is InChI=1S/C18H20O3/c1-18(2,3)21-20-17(19)10-6-7-14-11-12-15-8-4-5-9-16(15)13-14/h4-9,11-13H,10H2,1-3H3. The van der Waals surface area contributed by atoms with Gasteiger partial charge in [0.2, 0.25) is 0 Å². The summed E-state index contributed by atoms with van der Waals surface area (Å²) in [7, 11) is 0. The molecule has 21 heavy (non-hydrogen) atoms. The van der Waals surface area contributed by atoms with Crippen molar-refractivity contribution in [3.8, 4) is 0 Å². The lowest BCUT2D eigenvalue weighted by Gasteiger charge is -2.16. The lowest BCUT2D eigenvalue weighted by molar-refractivity contribution is -0.319. The molecule has 0 N–H and O–H groups in total. The maximum atomic E-state index is 11.5. The number of fused-ring (bicyclic) bond motifs is 1. The molecular weight excluding hydrogens is 264 g/mol. The SMILES string of the molecule is CC(C)(C)OOC(=O)CC=Cc1ccc2ccccc2c1. The summed E-state index contributed by atoms with van der Waals surface area (Å²) in [4.78, 5) is 21.2. The van der Waals surface area contributed by atoms with Crippen LogP contribution in [0.4, 0.5) is 0 Å². The van der Waals surface area contributed by atoms with E-state index >= 15 is 0 Å². The molecular formula is C18H20O3. The molecule has 2 aromatic rings. The molecule has 0 aliphatic carbocycles. The maximum absolute atomic E-state index is 11.5. The van der Waals surface area contributed by atoms with Crippen molar-refractivity contribution in [1.29, 1.82) is 0 Å². The molecule has 0 unspecified atom stereocenters. The molecule has 0 spiro atoms. The highest BCUT2D eigenvalue weighted by molar-refractivity contribution is 5.84. The van der Waals surface area contributed by atoms with Crippen molar-refractivity contribution in [3.05, 3.63) is 54.1 Å². The van der Waals surface area contributed by atoms with E-state index in [1.54, 1.807) is 6.08 Å². The number of hydrogen-bond donors (Lipinski definition) is 0. The highest BCUT2D eigenvalue weighted by Crippen LogP contribution is 2.16. The molecule has 0 amide bonds. The van der Waals surface area contributed by atoms with Gasteiger partial charge in [0.05, 0.1) is 6.42 Å². The van der Waals surface area contributed by atoms with Crippen molar-refractivity contribution in [3.63, 3.8) is 0 Å². The quantitative estimate of drug-likeness (QED) is 0.612. The van der Waals surface area contributed by atoms with E-state index in [0.717, 1.165) is 5.56 Å². The number of carbonyl (C=O) groups is 1. The predicted molar refractivity (Wildman–Crippen MR) is 84.5 cm³/mol. The molecule has 0 saturated heterocycles. The zero-order valence-corrected chi connectivity index (χ0v) is 12.6. The van der Waals surface area contributed by atoms with Crippen molar-refractivity contribution in [2.24, 2.45) is 0 Å². The highest BCUT2D eigenvalue weighted by atomic mass is 17.2. The minimum Gasteiger partial charge on any atom is -0.297 e. The van der Waals surface area contributed by atoms with E-state index in [1.807, 2.05) is 45.0 Å². The summed E-state index contributed by atoms with van der Waals surface area (Å²) in [5, 5.41) is 2.38. The largest absolute Gasteiger partial charge is 0.346 e. The Kier molecular flexibility index (Phi) is 4.76. The fourth-order valence-electron chi connectivity index (χ4n) is 1.81. The first-order chi connectivity index (χ1) is 9.94. The van der Waals surface area contributed by atoms with Gasteiger partial charge in [-0.05, 0) is 43.2 Å². The zero-order chi connectivity index (χ0) is 15.3. The fraction of sp³-hybridized carbons (Fsp3) is 0.278. The van der Waals surface area contributed by atoms with E-state index in [9.17, 15) is 4.79 Å². The first-order valence-electron chi connectivity index (χ1n) is 6.98. The first-order valence-corrected chi connectivity index (χ1v) is 6.98. The Balaban J connectivity index is 1.92. The van der Waals surface area contributed by atoms with Crippen LogP contribution in [0.25, 0.3) is 16.8 Å². The van der Waals surface area contributed by atoms with Crippen LogP contribution in [0.3, 0.4) is 0 Å². The average Bonchev–Trinajstić information content (AvgIpc) is 2.44. The van der Waals surface area contributed by atoms with Gasteiger partial charge in [-0.3, -0.25) is 4.89 Å². The molecule has 3 heteroatoms. The smallest absolute Gasteiger partial charge is 0.297 e. The molecule has 0 aliphatic rings. The highest BCUT2D eigenvalue weighted by Gasteiger charge is 2.14. The van der Waals surface area contributed by atoms with Crippen molar-refractivity contribution in [2.75, 3.05) is 0 Å². The van der Waals surface area contributed by atoms with E-state index in [4.69, 9.17) is 9.78 Å². The average molecular weight is 284 g/mol. The lowest BCUT2D eigenvalue weighted by Crippen LogP contribution is -2.21. The zero-order valence-electron chi connectivity index (χ0n) is 12.6. The molecule has 3 nitrogen and oxygen atoms in total. The van der Waals surface area contributed by atoms with Crippen LogP contribution in [0.5, 0.6) is 0 Å². The van der Waals surface area contributed by atoms with Crippen LogP contribution in [-0.4, -0.2) is 11.6 Å². The van der Waals surface area contributed by atoms with Gasteiger partial charge in [0, 0.05) is 0 Å². The minimum atomic E-state index is -0.488. The minimum absolute atomic E-state index is 0.183. The lowest BCUT2D eigenvalue weighted by atomic mass is 10.1. The second-order valence-corrected chi connectivity index (χ2v) is 5.86. The van der Waals surface area contributed by atoms with Gasteiger partial charge in [-0.25, -0.2) is 4.79 Å². The van der Waals surface area contributed by atoms with Crippen molar-refractivity contribution in [2.45, 2.75) is 32.8 Å². The molecule has 0 aliphatic heterocycles. The van der Waals surface area contributed by atoms with E-state index in [2.05, 4.69) is 24.3 Å². The summed E-state index contributed by atoms with van der Waals surface area (Å²) in [6.07, 6.45) is 3.87. The summed E-state index contributed by atoms with van der Waals surface area (Å²) in [6.45, 7) is 5.47. The summed E-state index contributed by atoms with van der Waals surface area (Å²) in [5.74, 6) is -0.401. The van der Waals surface area contributed by atoms with E-state index < -0.39 is 11.6 Å². The third-order valence-electron chi connectivity index (χ3n) is 2.75. The van der Waals surface area contributed by atoms with E-state index in [-0.39, 0.29) is 6.42 Å². The number of rotatable bonds is 4. The van der Waals surface area contributed by atoms with Crippen LogP contribution < -0.4 is 0 Å². The number of benzene rings is 2. The predicted octanol–water partition coefficient (Wildman–Crippen LogP) is 4.52. The molecule has 2 rings (SSSR count). The van der Waals surface area contributed by atoms with Crippen LogP contribution in [0.1, 0.15) is 32.8 Å². The first kappa shape index (κ1) is 15.3. The number of carbonyl (C=O) groups excluding carboxylic acids is 1. The monoisotopic (exact) mass is 284 g/mol. The summed E-state index contributed by atoms with van der Waals surface area (Å²) in [6, 6.07) is 14.3. The van der Waals surface area contributed by atoms with Crippen molar-refractivity contribution in [1.82, 2.24) is 0 Å². The van der Waals surface area contributed by atoms with Crippen molar-refractivity contribution >= 4 is 22.8 Å². The van der Waals surface area contributed by atoms with Crippen molar-refractivity contribution < 1.29 is 14.6 Å². The van der Waals surface area contributed by atoms with Gasteiger partial charge < -0.3 is 0 Å². The van der Waals surface area contributed by atoms with Gasteiger partial charge in [0.15, 0.2) is 0 Å².